The number of nitro benzene ring substituents is 1. The Morgan fingerprint density at radius 1 is 1.00 bits per heavy atom. The van der Waals surface area contributed by atoms with Gasteiger partial charge in [-0.1, -0.05) is 18.2 Å². The molecule has 1 aromatic heterocycles. The normalized spacial score (nSPS) is 10.3. The average Bonchev–Trinajstić information content (AvgIpc) is 3.26. The Hall–Kier alpha value is -4.77. The van der Waals surface area contributed by atoms with E-state index in [2.05, 4.69) is 10.4 Å². The van der Waals surface area contributed by atoms with Crippen molar-refractivity contribution in [2.45, 2.75) is 0 Å². The van der Waals surface area contributed by atoms with Crippen molar-refractivity contribution in [3.05, 3.63) is 106 Å². The summed E-state index contributed by atoms with van der Waals surface area (Å²) >= 11 is 0. The van der Waals surface area contributed by atoms with Gasteiger partial charge in [-0.3, -0.25) is 14.9 Å². The number of carbonyl (C=O) groups excluding carboxylic acids is 1. The molecule has 8 heteroatoms. The number of anilines is 1. The molecule has 4 aromatic rings. The van der Waals surface area contributed by atoms with Crippen LogP contribution in [0.4, 0.5) is 11.4 Å². The molecule has 0 radical (unpaired) electrons. The summed E-state index contributed by atoms with van der Waals surface area (Å²) in [5.74, 6) is -0.389. The lowest BCUT2D eigenvalue weighted by atomic mass is 10.1. The van der Waals surface area contributed by atoms with Crippen LogP contribution in [-0.2, 0) is 0 Å². The zero-order valence-electron chi connectivity index (χ0n) is 16.1. The second-order valence-electron chi connectivity index (χ2n) is 6.62. The third-order valence-electron chi connectivity index (χ3n) is 4.60. The van der Waals surface area contributed by atoms with Crippen molar-refractivity contribution in [1.29, 1.82) is 5.26 Å². The van der Waals surface area contributed by atoms with Crippen LogP contribution in [0.25, 0.3) is 16.9 Å². The Kier molecular flexibility index (Phi) is 5.24. The number of hydrogen-bond acceptors (Lipinski definition) is 5. The first-order valence-corrected chi connectivity index (χ1v) is 9.26. The summed E-state index contributed by atoms with van der Waals surface area (Å²) in [7, 11) is 0. The highest BCUT2D eigenvalue weighted by Crippen LogP contribution is 2.26. The fraction of sp³-hybridized carbons (Fsp3) is 0. The van der Waals surface area contributed by atoms with Gasteiger partial charge in [0.05, 0.1) is 27.8 Å². The maximum absolute atomic E-state index is 13.0. The van der Waals surface area contributed by atoms with Gasteiger partial charge in [0.1, 0.15) is 5.69 Å². The van der Waals surface area contributed by atoms with Crippen LogP contribution >= 0.6 is 0 Å². The molecule has 0 atom stereocenters. The SMILES string of the molecule is N#Cc1ccc(NC(=O)c2cn(-c3ccccc3)nc2-c2ccc([N+](=O)[O-])cc2)cc1. The van der Waals surface area contributed by atoms with Crippen LogP contribution in [0, 0.1) is 21.4 Å². The van der Waals surface area contributed by atoms with E-state index < -0.39 is 4.92 Å². The topological polar surface area (TPSA) is 114 Å². The van der Waals surface area contributed by atoms with E-state index >= 15 is 0 Å². The van der Waals surface area contributed by atoms with Gasteiger partial charge < -0.3 is 5.32 Å². The molecule has 0 saturated carbocycles. The lowest BCUT2D eigenvalue weighted by molar-refractivity contribution is -0.384. The minimum Gasteiger partial charge on any atom is -0.322 e. The molecule has 0 saturated heterocycles. The van der Waals surface area contributed by atoms with E-state index in [4.69, 9.17) is 5.26 Å². The van der Waals surface area contributed by atoms with E-state index in [1.165, 1.54) is 12.1 Å². The van der Waals surface area contributed by atoms with Gasteiger partial charge in [-0.25, -0.2) is 4.68 Å². The fourth-order valence-electron chi connectivity index (χ4n) is 3.03. The number of nitrogens with one attached hydrogen (secondary N) is 1. The average molecular weight is 409 g/mol. The van der Waals surface area contributed by atoms with E-state index in [1.54, 1.807) is 47.3 Å². The van der Waals surface area contributed by atoms with Gasteiger partial charge in [-0.15, -0.1) is 0 Å². The quantitative estimate of drug-likeness (QED) is 0.383. The highest BCUT2D eigenvalue weighted by molar-refractivity contribution is 6.08. The second-order valence-corrected chi connectivity index (χ2v) is 6.62. The van der Waals surface area contributed by atoms with Gasteiger partial charge >= 0.3 is 0 Å². The third kappa shape index (κ3) is 4.16. The minimum absolute atomic E-state index is 0.0465. The van der Waals surface area contributed by atoms with Crippen LogP contribution in [0.15, 0.2) is 85.1 Å². The number of amides is 1. The van der Waals surface area contributed by atoms with Crippen molar-refractivity contribution < 1.29 is 9.72 Å². The molecule has 0 aliphatic carbocycles. The molecule has 1 amide bonds. The highest BCUT2D eigenvalue weighted by atomic mass is 16.6. The van der Waals surface area contributed by atoms with Crippen molar-refractivity contribution in [2.24, 2.45) is 0 Å². The molecule has 0 bridgehead atoms. The van der Waals surface area contributed by atoms with Crippen molar-refractivity contribution >= 4 is 17.3 Å². The fourth-order valence-corrected chi connectivity index (χ4v) is 3.03. The Bertz CT molecular complexity index is 1290. The number of carbonyl (C=O) groups is 1. The number of nitro groups is 1. The van der Waals surface area contributed by atoms with E-state index in [-0.39, 0.29) is 11.6 Å². The van der Waals surface area contributed by atoms with Gasteiger partial charge in [-0.2, -0.15) is 10.4 Å². The van der Waals surface area contributed by atoms with E-state index in [9.17, 15) is 14.9 Å². The number of aromatic nitrogens is 2. The Morgan fingerprint density at radius 3 is 2.29 bits per heavy atom. The van der Waals surface area contributed by atoms with Crippen LogP contribution in [0.5, 0.6) is 0 Å². The number of para-hydroxylation sites is 1. The van der Waals surface area contributed by atoms with Crippen molar-refractivity contribution in [2.75, 3.05) is 5.32 Å². The third-order valence-corrected chi connectivity index (χ3v) is 4.60. The van der Waals surface area contributed by atoms with Crippen LogP contribution in [-0.4, -0.2) is 20.6 Å². The maximum atomic E-state index is 13.0. The molecule has 0 fully saturated rings. The zero-order chi connectivity index (χ0) is 21.8. The predicted molar refractivity (Wildman–Crippen MR) is 115 cm³/mol. The number of rotatable bonds is 5. The van der Waals surface area contributed by atoms with Crippen LogP contribution < -0.4 is 5.32 Å². The smallest absolute Gasteiger partial charge is 0.269 e. The largest absolute Gasteiger partial charge is 0.322 e. The summed E-state index contributed by atoms with van der Waals surface area (Å²) in [6, 6.07) is 23.7. The van der Waals surface area contributed by atoms with Crippen molar-refractivity contribution in [1.82, 2.24) is 9.78 Å². The minimum atomic E-state index is -0.481. The van der Waals surface area contributed by atoms with E-state index in [0.717, 1.165) is 5.69 Å². The van der Waals surface area contributed by atoms with Gasteiger partial charge in [0, 0.05) is 29.6 Å². The molecular weight excluding hydrogens is 394 g/mol. The summed E-state index contributed by atoms with van der Waals surface area (Å²) in [6.07, 6.45) is 1.62. The van der Waals surface area contributed by atoms with Crippen LogP contribution in [0.1, 0.15) is 15.9 Å². The second kappa shape index (κ2) is 8.31. The highest BCUT2D eigenvalue weighted by Gasteiger charge is 2.19. The summed E-state index contributed by atoms with van der Waals surface area (Å²) < 4.78 is 1.59. The van der Waals surface area contributed by atoms with Gasteiger partial charge in [-0.05, 0) is 48.5 Å². The Balaban J connectivity index is 1.73. The molecule has 8 nitrogen and oxygen atoms in total. The molecule has 0 aliphatic rings. The maximum Gasteiger partial charge on any atom is 0.269 e. The summed E-state index contributed by atoms with van der Waals surface area (Å²) in [5.41, 5.74) is 3.02. The molecule has 0 spiro atoms. The molecule has 150 valence electrons. The molecular formula is C23H15N5O3. The monoisotopic (exact) mass is 409 g/mol. The summed E-state index contributed by atoms with van der Waals surface area (Å²) in [5, 5.41) is 27.3. The number of non-ortho nitro benzene ring substituents is 1. The molecule has 3 aromatic carbocycles. The van der Waals surface area contributed by atoms with Crippen LogP contribution in [0.3, 0.4) is 0 Å². The number of benzene rings is 3. The number of nitriles is 1. The number of nitrogens with zero attached hydrogens (tertiary/aromatic N) is 4. The van der Waals surface area contributed by atoms with Crippen LogP contribution in [0.2, 0.25) is 0 Å². The first kappa shape index (κ1) is 19.5. The van der Waals surface area contributed by atoms with Gasteiger partial charge in [0.25, 0.3) is 11.6 Å². The van der Waals surface area contributed by atoms with Crippen molar-refractivity contribution in [3.8, 4) is 23.0 Å². The zero-order valence-corrected chi connectivity index (χ0v) is 16.1. The van der Waals surface area contributed by atoms with Gasteiger partial charge in [0.15, 0.2) is 0 Å². The lowest BCUT2D eigenvalue weighted by Crippen LogP contribution is -2.12. The molecule has 31 heavy (non-hydrogen) atoms. The summed E-state index contributed by atoms with van der Waals surface area (Å²) in [6.45, 7) is 0. The summed E-state index contributed by atoms with van der Waals surface area (Å²) in [4.78, 5) is 23.5. The molecule has 1 heterocycles. The van der Waals surface area contributed by atoms with E-state index in [1.807, 2.05) is 36.4 Å². The first-order valence-electron chi connectivity index (χ1n) is 9.26. The predicted octanol–water partition coefficient (Wildman–Crippen LogP) is 4.57. The standard InChI is InChI=1S/C23H15N5O3/c24-14-16-6-10-18(11-7-16)25-23(29)21-15-27(19-4-2-1-3-5-19)26-22(21)17-8-12-20(13-9-17)28(30)31/h1-13,15H,(H,25,29). The Labute approximate surface area is 177 Å². The molecule has 1 N–H and O–H groups in total. The van der Waals surface area contributed by atoms with E-state index in [0.29, 0.717) is 28.1 Å². The first-order chi connectivity index (χ1) is 15.0. The molecule has 4 rings (SSSR count). The number of hydrogen-bond donors (Lipinski definition) is 1. The molecule has 0 aliphatic heterocycles. The van der Waals surface area contributed by atoms with Crippen molar-refractivity contribution in [3.63, 3.8) is 0 Å². The Morgan fingerprint density at radius 2 is 1.68 bits per heavy atom. The lowest BCUT2D eigenvalue weighted by Gasteiger charge is -2.05. The molecule has 0 unspecified atom stereocenters. The van der Waals surface area contributed by atoms with Gasteiger partial charge in [0.2, 0.25) is 0 Å².